The molecule has 1 aromatic rings. The van der Waals surface area contributed by atoms with E-state index in [0.717, 1.165) is 16.7 Å². The van der Waals surface area contributed by atoms with E-state index >= 15 is 0 Å². The molecule has 3 atom stereocenters. The maximum atomic E-state index is 12.5. The van der Waals surface area contributed by atoms with Gasteiger partial charge in [-0.2, -0.15) is 0 Å². The minimum Gasteiger partial charge on any atom is -0.469 e. The molecular weight excluding hydrogens is 304 g/mol. The third-order valence-corrected chi connectivity index (χ3v) is 4.49. The quantitative estimate of drug-likeness (QED) is 0.625. The molecular formula is C20H24O4. The summed E-state index contributed by atoms with van der Waals surface area (Å²) in [5, 5.41) is 0. The number of ether oxygens (including phenoxy) is 2. The van der Waals surface area contributed by atoms with Crippen molar-refractivity contribution in [2.45, 2.75) is 20.3 Å². The highest BCUT2D eigenvalue weighted by molar-refractivity contribution is 5.86. The standard InChI is InChI=1S/C20H24O4/c1-13(2)17(14-9-6-5-7-10-14)15-11-8-12-16(19(21)23-3)18(15)20(22)24-4/h5-11,15-16,18H,12H2,1-4H3/t15-,16-,18-/m1/s1. The molecule has 0 fully saturated rings. The molecule has 1 aliphatic carbocycles. The van der Waals surface area contributed by atoms with E-state index in [1.165, 1.54) is 14.2 Å². The van der Waals surface area contributed by atoms with Crippen molar-refractivity contribution in [3.63, 3.8) is 0 Å². The zero-order valence-electron chi connectivity index (χ0n) is 14.6. The Morgan fingerprint density at radius 2 is 1.62 bits per heavy atom. The maximum Gasteiger partial charge on any atom is 0.310 e. The van der Waals surface area contributed by atoms with Crippen molar-refractivity contribution in [1.82, 2.24) is 0 Å². The second-order valence-corrected chi connectivity index (χ2v) is 6.15. The van der Waals surface area contributed by atoms with Crippen LogP contribution in [0.5, 0.6) is 0 Å². The molecule has 0 bridgehead atoms. The van der Waals surface area contributed by atoms with Crippen LogP contribution in [0.15, 0.2) is 48.1 Å². The van der Waals surface area contributed by atoms with Gasteiger partial charge in [-0.15, -0.1) is 0 Å². The first kappa shape index (κ1) is 18.0. The van der Waals surface area contributed by atoms with Crippen molar-refractivity contribution in [1.29, 1.82) is 0 Å². The van der Waals surface area contributed by atoms with Gasteiger partial charge in [0.2, 0.25) is 0 Å². The summed E-state index contributed by atoms with van der Waals surface area (Å²) in [5.74, 6) is -2.09. The summed E-state index contributed by atoms with van der Waals surface area (Å²) in [5.41, 5.74) is 3.21. The van der Waals surface area contributed by atoms with Crippen molar-refractivity contribution < 1.29 is 19.1 Å². The van der Waals surface area contributed by atoms with Crippen LogP contribution in [0.25, 0.3) is 5.57 Å². The number of methoxy groups -OCH3 is 2. The predicted octanol–water partition coefficient (Wildman–Crippen LogP) is 3.63. The highest BCUT2D eigenvalue weighted by Crippen LogP contribution is 2.41. The van der Waals surface area contributed by atoms with E-state index in [-0.39, 0.29) is 17.9 Å². The lowest BCUT2D eigenvalue weighted by Gasteiger charge is -2.33. The fraction of sp³-hybridized carbons (Fsp3) is 0.400. The monoisotopic (exact) mass is 328 g/mol. The van der Waals surface area contributed by atoms with Gasteiger partial charge in [0, 0.05) is 5.92 Å². The van der Waals surface area contributed by atoms with Gasteiger partial charge in [0.1, 0.15) is 0 Å². The lowest BCUT2D eigenvalue weighted by molar-refractivity contribution is -0.158. The number of allylic oxidation sites excluding steroid dienone is 4. The summed E-state index contributed by atoms with van der Waals surface area (Å²) in [6.45, 7) is 4.04. The van der Waals surface area contributed by atoms with Crippen LogP contribution in [0.3, 0.4) is 0 Å². The third kappa shape index (κ3) is 3.58. The molecule has 4 heteroatoms. The smallest absolute Gasteiger partial charge is 0.310 e. The third-order valence-electron chi connectivity index (χ3n) is 4.49. The minimum absolute atomic E-state index is 0.220. The fourth-order valence-corrected chi connectivity index (χ4v) is 3.44. The van der Waals surface area contributed by atoms with E-state index in [1.807, 2.05) is 56.3 Å². The zero-order chi connectivity index (χ0) is 17.7. The Hall–Kier alpha value is -2.36. The van der Waals surface area contributed by atoms with E-state index in [9.17, 15) is 9.59 Å². The van der Waals surface area contributed by atoms with E-state index in [2.05, 4.69) is 0 Å². The highest BCUT2D eigenvalue weighted by Gasteiger charge is 2.43. The summed E-state index contributed by atoms with van der Waals surface area (Å²) < 4.78 is 9.92. The van der Waals surface area contributed by atoms with Crippen LogP contribution in [0.1, 0.15) is 25.8 Å². The summed E-state index contributed by atoms with van der Waals surface area (Å²) in [6.07, 6.45) is 4.45. The first-order valence-electron chi connectivity index (χ1n) is 8.06. The van der Waals surface area contributed by atoms with Crippen LogP contribution < -0.4 is 0 Å². The fourth-order valence-electron chi connectivity index (χ4n) is 3.44. The summed E-state index contributed by atoms with van der Waals surface area (Å²) in [7, 11) is 2.71. The predicted molar refractivity (Wildman–Crippen MR) is 93.0 cm³/mol. The van der Waals surface area contributed by atoms with Crippen LogP contribution in [0.4, 0.5) is 0 Å². The molecule has 0 amide bonds. The Balaban J connectivity index is 2.53. The van der Waals surface area contributed by atoms with E-state index in [1.54, 1.807) is 0 Å². The van der Waals surface area contributed by atoms with Gasteiger partial charge < -0.3 is 9.47 Å². The molecule has 24 heavy (non-hydrogen) atoms. The number of benzene rings is 1. The van der Waals surface area contributed by atoms with Gasteiger partial charge in [-0.1, -0.05) is 48.1 Å². The molecule has 0 spiro atoms. The van der Waals surface area contributed by atoms with Crippen molar-refractivity contribution in [2.24, 2.45) is 17.8 Å². The molecule has 4 nitrogen and oxygen atoms in total. The SMILES string of the molecule is COC(=O)[C@@H]1[C@@H](C(=C(C)C)c2ccccc2)C=CC[C@H]1C(=O)OC. The zero-order valence-corrected chi connectivity index (χ0v) is 14.6. The van der Waals surface area contributed by atoms with E-state index in [4.69, 9.17) is 9.47 Å². The summed E-state index contributed by atoms with van der Waals surface area (Å²) >= 11 is 0. The molecule has 0 heterocycles. The molecule has 0 radical (unpaired) electrons. The molecule has 1 aliphatic rings. The lowest BCUT2D eigenvalue weighted by atomic mass is 9.70. The van der Waals surface area contributed by atoms with Crippen LogP contribution >= 0.6 is 0 Å². The molecule has 128 valence electrons. The van der Waals surface area contributed by atoms with Crippen molar-refractivity contribution >= 4 is 17.5 Å². The Morgan fingerprint density at radius 3 is 2.17 bits per heavy atom. The van der Waals surface area contributed by atoms with Crippen molar-refractivity contribution in [2.75, 3.05) is 14.2 Å². The van der Waals surface area contributed by atoms with Gasteiger partial charge in [0.25, 0.3) is 0 Å². The van der Waals surface area contributed by atoms with E-state index in [0.29, 0.717) is 6.42 Å². The molecule has 0 unspecified atom stereocenters. The average Bonchev–Trinajstić information content (AvgIpc) is 2.61. The molecule has 0 saturated heterocycles. The second-order valence-electron chi connectivity index (χ2n) is 6.15. The van der Waals surface area contributed by atoms with Gasteiger partial charge in [-0.05, 0) is 31.4 Å². The molecule has 2 rings (SSSR count). The molecule has 0 aliphatic heterocycles. The van der Waals surface area contributed by atoms with Crippen LogP contribution in [-0.4, -0.2) is 26.2 Å². The normalized spacial score (nSPS) is 22.6. The van der Waals surface area contributed by atoms with Gasteiger partial charge >= 0.3 is 11.9 Å². The van der Waals surface area contributed by atoms with Gasteiger partial charge in [-0.3, -0.25) is 9.59 Å². The number of hydrogen-bond donors (Lipinski definition) is 0. The Morgan fingerprint density at radius 1 is 1.00 bits per heavy atom. The maximum absolute atomic E-state index is 12.5. The number of carbonyl (C=O) groups excluding carboxylic acids is 2. The number of esters is 2. The Kier molecular flexibility index (Phi) is 5.96. The number of carbonyl (C=O) groups is 2. The molecule has 0 N–H and O–H groups in total. The average molecular weight is 328 g/mol. The van der Waals surface area contributed by atoms with Crippen LogP contribution in [-0.2, 0) is 19.1 Å². The lowest BCUT2D eigenvalue weighted by Crippen LogP contribution is -2.38. The first-order valence-corrected chi connectivity index (χ1v) is 8.06. The summed E-state index contributed by atoms with van der Waals surface area (Å²) in [4.78, 5) is 24.7. The summed E-state index contributed by atoms with van der Waals surface area (Å²) in [6, 6.07) is 9.93. The molecule has 0 saturated carbocycles. The minimum atomic E-state index is -0.586. The number of hydrogen-bond acceptors (Lipinski definition) is 4. The first-order chi connectivity index (χ1) is 11.5. The number of rotatable bonds is 4. The van der Waals surface area contributed by atoms with Gasteiger partial charge in [-0.25, -0.2) is 0 Å². The molecule has 0 aromatic heterocycles. The van der Waals surface area contributed by atoms with Gasteiger partial charge in [0.15, 0.2) is 0 Å². The highest BCUT2D eigenvalue weighted by atomic mass is 16.5. The Bertz CT molecular complexity index is 653. The van der Waals surface area contributed by atoms with Gasteiger partial charge in [0.05, 0.1) is 26.1 Å². The van der Waals surface area contributed by atoms with Crippen LogP contribution in [0.2, 0.25) is 0 Å². The molecule has 1 aromatic carbocycles. The van der Waals surface area contributed by atoms with E-state index < -0.39 is 11.8 Å². The van der Waals surface area contributed by atoms with Crippen molar-refractivity contribution in [3.8, 4) is 0 Å². The van der Waals surface area contributed by atoms with Crippen molar-refractivity contribution in [3.05, 3.63) is 53.6 Å². The Labute approximate surface area is 143 Å². The second kappa shape index (κ2) is 7.95. The van der Waals surface area contributed by atoms with Crippen LogP contribution in [0, 0.1) is 17.8 Å². The topological polar surface area (TPSA) is 52.6 Å². The largest absolute Gasteiger partial charge is 0.469 e.